The highest BCUT2D eigenvalue weighted by Crippen LogP contribution is 2.53. The van der Waals surface area contributed by atoms with E-state index in [2.05, 4.69) is 4.99 Å². The lowest BCUT2D eigenvalue weighted by atomic mass is 9.86. The number of halogens is 1. The van der Waals surface area contributed by atoms with Gasteiger partial charge in [0.05, 0.1) is 26.9 Å². The van der Waals surface area contributed by atoms with Crippen LogP contribution in [0.2, 0.25) is 0 Å². The highest BCUT2D eigenvalue weighted by atomic mass is 19.1. The molecule has 0 aromatic heterocycles. The number of benzene rings is 1. The molecule has 5 nitrogen and oxygen atoms in total. The van der Waals surface area contributed by atoms with Gasteiger partial charge in [-0.25, -0.2) is 9.18 Å². The summed E-state index contributed by atoms with van der Waals surface area (Å²) in [5, 5.41) is 0. The van der Waals surface area contributed by atoms with Gasteiger partial charge in [0.15, 0.2) is 23.1 Å². The van der Waals surface area contributed by atoms with E-state index in [9.17, 15) is 9.18 Å². The monoisotopic (exact) mass is 295 g/mol. The van der Waals surface area contributed by atoms with E-state index < -0.39 is 11.4 Å². The third kappa shape index (κ3) is 2.47. The van der Waals surface area contributed by atoms with E-state index in [-0.39, 0.29) is 11.5 Å². The van der Waals surface area contributed by atoms with E-state index in [0.717, 1.165) is 12.8 Å². The number of hydrogen-bond acceptors (Lipinski definition) is 5. The molecule has 0 radical (unpaired) electrons. The average Bonchev–Trinajstić information content (AvgIpc) is 2.95. The van der Waals surface area contributed by atoms with Crippen molar-refractivity contribution in [3.63, 3.8) is 0 Å². The van der Waals surface area contributed by atoms with Gasteiger partial charge in [-0.2, -0.15) is 4.99 Å². The van der Waals surface area contributed by atoms with Gasteiger partial charge < -0.3 is 14.2 Å². The number of rotatable bonds is 5. The van der Waals surface area contributed by atoms with E-state index in [1.165, 1.54) is 27.4 Å². The van der Waals surface area contributed by atoms with Crippen LogP contribution >= 0.6 is 0 Å². The Balaban J connectivity index is 2.80. The lowest BCUT2D eigenvalue weighted by Gasteiger charge is -2.28. The molecule has 0 heterocycles. The summed E-state index contributed by atoms with van der Waals surface area (Å²) in [6.07, 6.45) is 4.60. The molecule has 0 spiro atoms. The first-order valence-electron chi connectivity index (χ1n) is 6.71. The zero-order valence-electron chi connectivity index (χ0n) is 12.4. The minimum Gasteiger partial charge on any atom is -0.493 e. The smallest absolute Gasteiger partial charge is 0.235 e. The Hall–Kier alpha value is -2.07. The predicted octanol–water partition coefficient (Wildman–Crippen LogP) is 2.96. The maximum absolute atomic E-state index is 14.3. The number of aliphatic imine (C=N–C) groups is 1. The van der Waals surface area contributed by atoms with Crippen molar-refractivity contribution < 1.29 is 23.4 Å². The summed E-state index contributed by atoms with van der Waals surface area (Å²) >= 11 is 0. The Kier molecular flexibility index (Phi) is 4.48. The fourth-order valence-electron chi connectivity index (χ4n) is 3.03. The number of methoxy groups -OCH3 is 3. The largest absolute Gasteiger partial charge is 0.493 e. The standard InChI is InChI=1S/C15H18FNO4/c1-19-11-8-10(16)13(20-2)12(14(11)21-3)15(17-9-18)6-4-5-7-15/h8H,4-7H2,1-3H3. The summed E-state index contributed by atoms with van der Waals surface area (Å²) in [5.41, 5.74) is -0.446. The molecule has 2 rings (SSSR count). The quantitative estimate of drug-likeness (QED) is 0.619. The minimum absolute atomic E-state index is 0.0357. The zero-order valence-corrected chi connectivity index (χ0v) is 12.4. The molecule has 0 saturated heterocycles. The van der Waals surface area contributed by atoms with Gasteiger partial charge in [-0.1, -0.05) is 12.8 Å². The van der Waals surface area contributed by atoms with E-state index in [1.54, 1.807) is 6.08 Å². The van der Waals surface area contributed by atoms with E-state index in [1.807, 2.05) is 0 Å². The summed E-state index contributed by atoms with van der Waals surface area (Å²) in [6.45, 7) is 0. The SMILES string of the molecule is COc1cc(F)c(OC)c(C2(N=C=O)CCCC2)c1OC. The second-order valence-corrected chi connectivity index (χ2v) is 4.94. The van der Waals surface area contributed by atoms with E-state index in [0.29, 0.717) is 24.2 Å². The summed E-state index contributed by atoms with van der Waals surface area (Å²) in [5.74, 6) is 0.0564. The van der Waals surface area contributed by atoms with Crippen molar-refractivity contribution in [1.82, 2.24) is 0 Å². The molecule has 1 aliphatic carbocycles. The van der Waals surface area contributed by atoms with Crippen LogP contribution in [0.5, 0.6) is 17.2 Å². The van der Waals surface area contributed by atoms with Crippen molar-refractivity contribution >= 4 is 6.08 Å². The van der Waals surface area contributed by atoms with Crippen LogP contribution in [0.3, 0.4) is 0 Å². The first kappa shape index (κ1) is 15.3. The molecule has 114 valence electrons. The van der Waals surface area contributed by atoms with Crippen molar-refractivity contribution in [1.29, 1.82) is 0 Å². The van der Waals surface area contributed by atoms with E-state index in [4.69, 9.17) is 14.2 Å². The van der Waals surface area contributed by atoms with Gasteiger partial charge in [0, 0.05) is 6.07 Å². The molecule has 1 fully saturated rings. The Morgan fingerprint density at radius 2 is 1.76 bits per heavy atom. The molecule has 21 heavy (non-hydrogen) atoms. The lowest BCUT2D eigenvalue weighted by molar-refractivity contribution is 0.311. The molecule has 1 aromatic carbocycles. The van der Waals surface area contributed by atoms with Gasteiger partial charge in [0.1, 0.15) is 5.54 Å². The molecular weight excluding hydrogens is 277 g/mol. The Labute approximate surface area is 122 Å². The molecule has 0 aliphatic heterocycles. The first-order chi connectivity index (χ1) is 10.1. The zero-order chi connectivity index (χ0) is 15.5. The van der Waals surface area contributed by atoms with Crippen molar-refractivity contribution in [2.75, 3.05) is 21.3 Å². The Morgan fingerprint density at radius 1 is 1.14 bits per heavy atom. The van der Waals surface area contributed by atoms with Gasteiger partial charge in [0.25, 0.3) is 0 Å². The van der Waals surface area contributed by atoms with Crippen molar-refractivity contribution in [3.8, 4) is 17.2 Å². The Morgan fingerprint density at radius 3 is 2.24 bits per heavy atom. The fourth-order valence-corrected chi connectivity index (χ4v) is 3.03. The van der Waals surface area contributed by atoms with Crippen LogP contribution in [0.1, 0.15) is 31.2 Å². The molecule has 0 N–H and O–H groups in total. The second kappa shape index (κ2) is 6.14. The summed E-state index contributed by atoms with van der Waals surface area (Å²) < 4.78 is 30.0. The van der Waals surface area contributed by atoms with Crippen LogP contribution in [0.4, 0.5) is 4.39 Å². The molecule has 6 heteroatoms. The van der Waals surface area contributed by atoms with Crippen molar-refractivity contribution in [3.05, 3.63) is 17.4 Å². The van der Waals surface area contributed by atoms with Crippen LogP contribution in [-0.2, 0) is 10.3 Å². The summed E-state index contributed by atoms with van der Waals surface area (Å²) in [6, 6.07) is 1.20. The molecular formula is C15H18FNO4. The molecule has 0 amide bonds. The molecule has 1 saturated carbocycles. The molecule has 1 aliphatic rings. The van der Waals surface area contributed by atoms with Crippen molar-refractivity contribution in [2.24, 2.45) is 4.99 Å². The molecule has 0 atom stereocenters. The highest BCUT2D eigenvalue weighted by molar-refractivity contribution is 5.59. The van der Waals surface area contributed by atoms with Gasteiger partial charge >= 0.3 is 0 Å². The average molecular weight is 295 g/mol. The van der Waals surface area contributed by atoms with Crippen molar-refractivity contribution in [2.45, 2.75) is 31.2 Å². The first-order valence-corrected chi connectivity index (χ1v) is 6.71. The van der Waals surface area contributed by atoms with Crippen LogP contribution in [-0.4, -0.2) is 27.4 Å². The third-order valence-electron chi connectivity index (χ3n) is 3.94. The fraction of sp³-hybridized carbons (Fsp3) is 0.533. The number of nitrogens with zero attached hydrogens (tertiary/aromatic N) is 1. The normalized spacial score (nSPS) is 16.2. The molecule has 1 aromatic rings. The van der Waals surface area contributed by atoms with Crippen LogP contribution in [0.15, 0.2) is 11.1 Å². The van der Waals surface area contributed by atoms with Gasteiger partial charge in [-0.15, -0.1) is 0 Å². The second-order valence-electron chi connectivity index (χ2n) is 4.94. The number of ether oxygens (including phenoxy) is 3. The third-order valence-corrected chi connectivity index (χ3v) is 3.94. The van der Waals surface area contributed by atoms with Gasteiger partial charge in [0.2, 0.25) is 6.08 Å². The Bertz CT molecular complexity index is 576. The van der Waals surface area contributed by atoms with Gasteiger partial charge in [-0.3, -0.25) is 0 Å². The maximum Gasteiger partial charge on any atom is 0.235 e. The maximum atomic E-state index is 14.3. The summed E-state index contributed by atoms with van der Waals surface area (Å²) in [4.78, 5) is 14.9. The number of carbonyl (C=O) groups excluding carboxylic acids is 1. The molecule has 0 unspecified atom stereocenters. The van der Waals surface area contributed by atoms with E-state index >= 15 is 0 Å². The van der Waals surface area contributed by atoms with Crippen LogP contribution in [0, 0.1) is 5.82 Å². The van der Waals surface area contributed by atoms with Gasteiger partial charge in [-0.05, 0) is 12.8 Å². The van der Waals surface area contributed by atoms with Crippen LogP contribution < -0.4 is 14.2 Å². The topological polar surface area (TPSA) is 57.1 Å². The lowest BCUT2D eigenvalue weighted by Crippen LogP contribution is -2.22. The minimum atomic E-state index is -0.867. The van der Waals surface area contributed by atoms with Crippen LogP contribution in [0.25, 0.3) is 0 Å². The summed E-state index contributed by atoms with van der Waals surface area (Å²) in [7, 11) is 4.27. The predicted molar refractivity (Wildman–Crippen MR) is 74.3 cm³/mol. The number of hydrogen-bond donors (Lipinski definition) is 0. The highest BCUT2D eigenvalue weighted by Gasteiger charge is 2.42. The molecule has 0 bridgehead atoms. The number of isocyanates is 1.